The van der Waals surface area contributed by atoms with Gasteiger partial charge in [-0.2, -0.15) is 0 Å². The minimum atomic E-state index is -4.71. The van der Waals surface area contributed by atoms with Crippen molar-refractivity contribution >= 4 is 11.4 Å². The van der Waals surface area contributed by atoms with Crippen LogP contribution in [-0.2, 0) is 13.0 Å². The molecule has 1 aliphatic heterocycles. The van der Waals surface area contributed by atoms with Gasteiger partial charge in [0.05, 0.1) is 4.92 Å². The molecule has 1 aliphatic rings. The lowest BCUT2D eigenvalue weighted by atomic mass is 10.1. The molecule has 0 radical (unpaired) electrons. The summed E-state index contributed by atoms with van der Waals surface area (Å²) >= 11 is 0. The van der Waals surface area contributed by atoms with Crippen molar-refractivity contribution in [2.24, 2.45) is 0 Å². The van der Waals surface area contributed by atoms with Gasteiger partial charge in [0, 0.05) is 30.9 Å². The van der Waals surface area contributed by atoms with Crippen LogP contribution in [0.3, 0.4) is 0 Å². The Morgan fingerprint density at radius 3 is 2.52 bits per heavy atom. The van der Waals surface area contributed by atoms with Crippen molar-refractivity contribution in [1.82, 2.24) is 0 Å². The Hall–Kier alpha value is -2.77. The summed E-state index contributed by atoms with van der Waals surface area (Å²) in [5.74, 6) is -0.259. The number of benzene rings is 2. The number of non-ortho nitro benzene ring substituents is 1. The van der Waals surface area contributed by atoms with Crippen molar-refractivity contribution in [2.45, 2.75) is 26.3 Å². The van der Waals surface area contributed by atoms with Gasteiger partial charge in [-0.25, -0.2) is 0 Å². The fourth-order valence-electron chi connectivity index (χ4n) is 3.12. The maximum Gasteiger partial charge on any atom is 0.573 e. The number of nitro groups is 1. The highest BCUT2D eigenvalue weighted by atomic mass is 19.4. The van der Waals surface area contributed by atoms with Crippen LogP contribution in [0.5, 0.6) is 5.75 Å². The smallest absolute Gasteiger partial charge is 0.406 e. The molecule has 3 rings (SSSR count). The topological polar surface area (TPSA) is 55.6 Å². The third-order valence-corrected chi connectivity index (χ3v) is 4.07. The van der Waals surface area contributed by atoms with E-state index < -0.39 is 11.3 Å². The molecule has 5 nitrogen and oxygen atoms in total. The summed E-state index contributed by atoms with van der Waals surface area (Å²) in [6, 6.07) is 8.85. The van der Waals surface area contributed by atoms with E-state index in [0.29, 0.717) is 19.5 Å². The van der Waals surface area contributed by atoms with Crippen LogP contribution in [-0.4, -0.2) is 17.8 Å². The Labute approximate surface area is 141 Å². The number of halogens is 3. The summed E-state index contributed by atoms with van der Waals surface area (Å²) in [4.78, 5) is 12.6. The highest BCUT2D eigenvalue weighted by molar-refractivity contribution is 5.66. The Bertz CT molecular complexity index is 804. The number of nitrogens with zero attached hydrogens (tertiary/aromatic N) is 2. The van der Waals surface area contributed by atoms with Crippen LogP contribution in [0, 0.1) is 17.0 Å². The second-order valence-corrected chi connectivity index (χ2v) is 5.89. The van der Waals surface area contributed by atoms with Crippen LogP contribution in [0.4, 0.5) is 24.5 Å². The van der Waals surface area contributed by atoms with Crippen LogP contribution in [0.2, 0.25) is 0 Å². The van der Waals surface area contributed by atoms with Gasteiger partial charge in [-0.15, -0.1) is 13.2 Å². The molecule has 25 heavy (non-hydrogen) atoms. The van der Waals surface area contributed by atoms with E-state index in [9.17, 15) is 23.3 Å². The number of nitro benzene ring substituents is 1. The third kappa shape index (κ3) is 3.84. The van der Waals surface area contributed by atoms with E-state index in [0.717, 1.165) is 22.4 Å². The summed E-state index contributed by atoms with van der Waals surface area (Å²) in [5.41, 5.74) is 3.61. The maximum absolute atomic E-state index is 12.2. The molecular formula is C17H15F3N2O3. The van der Waals surface area contributed by atoms with E-state index in [4.69, 9.17) is 0 Å². The first kappa shape index (κ1) is 17.1. The van der Waals surface area contributed by atoms with Gasteiger partial charge in [0.25, 0.3) is 5.69 Å². The molecule has 1 heterocycles. The van der Waals surface area contributed by atoms with E-state index in [1.807, 2.05) is 6.92 Å². The van der Waals surface area contributed by atoms with Gasteiger partial charge in [-0.1, -0.05) is 12.1 Å². The van der Waals surface area contributed by atoms with Crippen molar-refractivity contribution in [3.8, 4) is 5.75 Å². The van der Waals surface area contributed by atoms with Crippen molar-refractivity contribution in [3.63, 3.8) is 0 Å². The third-order valence-electron chi connectivity index (χ3n) is 4.07. The largest absolute Gasteiger partial charge is 0.573 e. The quantitative estimate of drug-likeness (QED) is 0.606. The van der Waals surface area contributed by atoms with Gasteiger partial charge in [0.15, 0.2) is 0 Å². The van der Waals surface area contributed by atoms with E-state index >= 15 is 0 Å². The van der Waals surface area contributed by atoms with Crippen LogP contribution >= 0.6 is 0 Å². The Balaban J connectivity index is 1.77. The molecule has 0 unspecified atom stereocenters. The standard InChI is InChI=1S/C17H15F3N2O3/c1-11-8-14(22(23)24)9-13-6-7-21(16(11)13)10-12-2-4-15(5-3-12)25-17(18,19)20/h2-5,8-9H,6-7,10H2,1H3. The van der Waals surface area contributed by atoms with Gasteiger partial charge < -0.3 is 9.64 Å². The number of aryl methyl sites for hydroxylation is 1. The number of rotatable bonds is 4. The van der Waals surface area contributed by atoms with Crippen molar-refractivity contribution in [1.29, 1.82) is 0 Å². The van der Waals surface area contributed by atoms with Gasteiger partial charge in [0.1, 0.15) is 5.75 Å². The molecule has 0 saturated carbocycles. The number of anilines is 1. The lowest BCUT2D eigenvalue weighted by Crippen LogP contribution is -2.20. The minimum absolute atomic E-state index is 0.0757. The van der Waals surface area contributed by atoms with Gasteiger partial charge >= 0.3 is 6.36 Å². The highest BCUT2D eigenvalue weighted by Gasteiger charge is 2.31. The molecular weight excluding hydrogens is 337 g/mol. The first-order valence-corrected chi connectivity index (χ1v) is 7.60. The van der Waals surface area contributed by atoms with Crippen LogP contribution in [0.15, 0.2) is 36.4 Å². The molecule has 2 aromatic carbocycles. The Kier molecular flexibility index (Phi) is 4.28. The summed E-state index contributed by atoms with van der Waals surface area (Å²) in [6.45, 7) is 3.04. The maximum atomic E-state index is 12.2. The molecule has 2 aromatic rings. The lowest BCUT2D eigenvalue weighted by molar-refractivity contribution is -0.384. The van der Waals surface area contributed by atoms with E-state index in [1.54, 1.807) is 18.2 Å². The van der Waals surface area contributed by atoms with E-state index in [1.165, 1.54) is 18.2 Å². The number of ether oxygens (including phenoxy) is 1. The van der Waals surface area contributed by atoms with Gasteiger partial charge in [0.2, 0.25) is 0 Å². The first-order valence-electron chi connectivity index (χ1n) is 7.60. The lowest BCUT2D eigenvalue weighted by Gasteiger charge is -2.21. The van der Waals surface area contributed by atoms with Crippen molar-refractivity contribution < 1.29 is 22.8 Å². The zero-order chi connectivity index (χ0) is 18.2. The average molecular weight is 352 g/mol. The average Bonchev–Trinajstić information content (AvgIpc) is 2.91. The predicted molar refractivity (Wildman–Crippen MR) is 85.7 cm³/mol. The molecule has 0 aliphatic carbocycles. The summed E-state index contributed by atoms with van der Waals surface area (Å²) in [7, 11) is 0. The van der Waals surface area contributed by atoms with Crippen molar-refractivity contribution in [2.75, 3.05) is 11.4 Å². The molecule has 0 atom stereocenters. The molecule has 8 heteroatoms. The fourth-order valence-corrected chi connectivity index (χ4v) is 3.12. The normalized spacial score (nSPS) is 13.7. The summed E-state index contributed by atoms with van der Waals surface area (Å²) < 4.78 is 40.4. The zero-order valence-electron chi connectivity index (χ0n) is 13.3. The highest BCUT2D eigenvalue weighted by Crippen LogP contribution is 2.36. The number of fused-ring (bicyclic) bond motifs is 1. The van der Waals surface area contributed by atoms with Gasteiger partial charge in [-0.3, -0.25) is 10.1 Å². The van der Waals surface area contributed by atoms with Crippen LogP contribution in [0.1, 0.15) is 16.7 Å². The number of hydrogen-bond acceptors (Lipinski definition) is 4. The predicted octanol–water partition coefficient (Wildman–Crippen LogP) is 4.36. The summed E-state index contributed by atoms with van der Waals surface area (Å²) in [5, 5.41) is 11.0. The molecule has 0 aromatic heterocycles. The van der Waals surface area contributed by atoms with Crippen LogP contribution < -0.4 is 9.64 Å². The van der Waals surface area contributed by atoms with Crippen LogP contribution in [0.25, 0.3) is 0 Å². The van der Waals surface area contributed by atoms with Gasteiger partial charge in [-0.05, 0) is 42.2 Å². The van der Waals surface area contributed by atoms with Crippen molar-refractivity contribution in [3.05, 3.63) is 63.2 Å². The SMILES string of the molecule is Cc1cc([N+](=O)[O-])cc2c1N(Cc1ccc(OC(F)(F)F)cc1)CC2. The van der Waals surface area contributed by atoms with E-state index in [-0.39, 0.29) is 11.4 Å². The van der Waals surface area contributed by atoms with E-state index in [2.05, 4.69) is 9.64 Å². The zero-order valence-corrected chi connectivity index (χ0v) is 13.3. The second-order valence-electron chi connectivity index (χ2n) is 5.89. The molecule has 0 N–H and O–H groups in total. The molecule has 0 spiro atoms. The molecule has 0 fully saturated rings. The molecule has 0 bridgehead atoms. The first-order chi connectivity index (χ1) is 11.7. The second kappa shape index (κ2) is 6.27. The molecule has 0 amide bonds. The summed E-state index contributed by atoms with van der Waals surface area (Å²) in [6.07, 6.45) is -4.01. The Morgan fingerprint density at radius 1 is 1.24 bits per heavy atom. The number of hydrogen-bond donors (Lipinski definition) is 0. The minimum Gasteiger partial charge on any atom is -0.406 e. The Morgan fingerprint density at radius 2 is 1.92 bits per heavy atom. The molecule has 0 saturated heterocycles. The number of alkyl halides is 3. The molecule has 132 valence electrons. The fraction of sp³-hybridized carbons (Fsp3) is 0.294. The monoisotopic (exact) mass is 352 g/mol.